The molecule has 1 aliphatic heterocycles. The van der Waals surface area contributed by atoms with Gasteiger partial charge >= 0.3 is 12.4 Å². The summed E-state index contributed by atoms with van der Waals surface area (Å²) in [5, 5.41) is 9.43. The van der Waals surface area contributed by atoms with Gasteiger partial charge in [-0.2, -0.15) is 30.6 Å². The molecule has 0 saturated carbocycles. The van der Waals surface area contributed by atoms with Gasteiger partial charge in [-0.15, -0.1) is 0 Å². The fourth-order valence-electron chi connectivity index (χ4n) is 3.28. The number of alkyl halides is 6. The minimum Gasteiger partial charge on any atom is -0.384 e. The summed E-state index contributed by atoms with van der Waals surface area (Å²) in [7, 11) is -3.91. The zero-order chi connectivity index (χ0) is 24.8. The van der Waals surface area contributed by atoms with E-state index in [0.29, 0.717) is 0 Å². The van der Waals surface area contributed by atoms with Gasteiger partial charge in [0.05, 0.1) is 0 Å². The van der Waals surface area contributed by atoms with Gasteiger partial charge in [0.1, 0.15) is 10.7 Å². The minimum absolute atomic E-state index is 0.00491. The Morgan fingerprint density at radius 2 is 1.58 bits per heavy atom. The molecule has 0 radical (unpaired) electrons. The number of halogens is 6. The van der Waals surface area contributed by atoms with E-state index in [1.165, 1.54) is 17.0 Å². The number of nitrogens with two attached hydrogens (primary N) is 1. The number of piperazine rings is 1. The summed E-state index contributed by atoms with van der Waals surface area (Å²) in [6, 6.07) is 2.04. The minimum atomic E-state index is -6.06. The van der Waals surface area contributed by atoms with Gasteiger partial charge in [-0.05, 0) is 19.1 Å². The van der Waals surface area contributed by atoms with Gasteiger partial charge in [-0.3, -0.25) is 0 Å². The third kappa shape index (κ3) is 4.41. The molecule has 3 rings (SSSR count). The van der Waals surface area contributed by atoms with Crippen molar-refractivity contribution in [3.05, 3.63) is 36.3 Å². The Morgan fingerprint density at radius 3 is 2.03 bits per heavy atom. The van der Waals surface area contributed by atoms with Crippen molar-refractivity contribution in [1.82, 2.24) is 19.3 Å². The highest BCUT2D eigenvalue weighted by Crippen LogP contribution is 2.49. The molecule has 0 aromatic carbocycles. The molecule has 182 valence electrons. The molecular weight excluding hydrogens is 482 g/mol. The molecule has 0 bridgehead atoms. The van der Waals surface area contributed by atoms with E-state index in [2.05, 4.69) is 15.0 Å². The molecule has 0 amide bonds. The van der Waals surface area contributed by atoms with Crippen LogP contribution in [-0.2, 0) is 15.6 Å². The highest BCUT2D eigenvalue weighted by Gasteiger charge is 2.71. The van der Waals surface area contributed by atoms with Crippen molar-refractivity contribution < 1.29 is 39.9 Å². The van der Waals surface area contributed by atoms with Gasteiger partial charge in [0, 0.05) is 49.8 Å². The number of pyridine rings is 1. The van der Waals surface area contributed by atoms with Crippen molar-refractivity contribution >= 4 is 21.8 Å². The maximum Gasteiger partial charge on any atom is 0.430 e. The summed E-state index contributed by atoms with van der Waals surface area (Å²) < 4.78 is 105. The highest BCUT2D eigenvalue weighted by molar-refractivity contribution is 7.89. The number of hydrogen-bond donors (Lipinski definition) is 2. The number of aromatic nitrogens is 3. The quantitative estimate of drug-likeness (QED) is 0.608. The van der Waals surface area contributed by atoms with Crippen LogP contribution in [0.1, 0.15) is 12.5 Å². The summed E-state index contributed by atoms with van der Waals surface area (Å²) in [6.45, 7) is 1.47. The molecule has 1 aliphatic rings. The summed E-state index contributed by atoms with van der Waals surface area (Å²) in [6.07, 6.45) is -10.5. The molecule has 33 heavy (non-hydrogen) atoms. The van der Waals surface area contributed by atoms with Crippen LogP contribution in [0.3, 0.4) is 0 Å². The SMILES string of the molecule is CC1CN(S(=O)(=O)c2ccc(N)nc2)CCN1c1ncc(C(O)(C(F)(F)F)C(F)(F)F)cn1. The molecule has 1 unspecified atom stereocenters. The average molecular weight is 500 g/mol. The lowest BCUT2D eigenvalue weighted by atomic mass is 9.95. The Labute approximate surface area is 183 Å². The maximum atomic E-state index is 13.0. The van der Waals surface area contributed by atoms with Crippen molar-refractivity contribution in [2.45, 2.75) is 35.8 Å². The topological polar surface area (TPSA) is 126 Å². The number of nitrogens with zero attached hydrogens (tertiary/aromatic N) is 5. The fraction of sp³-hybridized carbons (Fsp3) is 0.471. The van der Waals surface area contributed by atoms with Gasteiger partial charge < -0.3 is 15.7 Å². The summed E-state index contributed by atoms with van der Waals surface area (Å²) in [5.74, 6) is -0.0835. The molecule has 16 heteroatoms. The van der Waals surface area contributed by atoms with E-state index in [-0.39, 0.29) is 48.7 Å². The number of nitrogen functional groups attached to an aromatic ring is 1. The van der Waals surface area contributed by atoms with E-state index in [1.54, 1.807) is 6.92 Å². The van der Waals surface area contributed by atoms with Crippen LogP contribution >= 0.6 is 0 Å². The van der Waals surface area contributed by atoms with E-state index in [9.17, 15) is 39.9 Å². The zero-order valence-electron chi connectivity index (χ0n) is 16.8. The van der Waals surface area contributed by atoms with Crippen LogP contribution in [-0.4, -0.2) is 70.8 Å². The molecule has 0 aliphatic carbocycles. The molecule has 0 spiro atoms. The van der Waals surface area contributed by atoms with Crippen LogP contribution in [0.2, 0.25) is 0 Å². The van der Waals surface area contributed by atoms with Crippen LogP contribution in [0.15, 0.2) is 35.6 Å². The van der Waals surface area contributed by atoms with Crippen LogP contribution in [0, 0.1) is 0 Å². The first-order valence-corrected chi connectivity index (χ1v) is 10.7. The Hall–Kier alpha value is -2.72. The molecule has 2 aromatic heterocycles. The van der Waals surface area contributed by atoms with E-state index >= 15 is 0 Å². The number of aliphatic hydroxyl groups is 1. The van der Waals surface area contributed by atoms with Crippen molar-refractivity contribution in [3.8, 4) is 0 Å². The van der Waals surface area contributed by atoms with Crippen LogP contribution in [0.25, 0.3) is 0 Å². The van der Waals surface area contributed by atoms with Gasteiger partial charge in [-0.1, -0.05) is 0 Å². The molecule has 2 aromatic rings. The standard InChI is InChI=1S/C17H18F6N6O3S/c1-10-9-28(33(31,32)12-2-3-13(24)25-8-12)4-5-29(10)14-26-6-11(7-27-14)15(30,16(18,19)20)17(21,22)23/h2-3,6-8,10,30H,4-5,9H2,1H3,(H2,24,25). The number of rotatable bonds is 4. The zero-order valence-corrected chi connectivity index (χ0v) is 17.7. The van der Waals surface area contributed by atoms with E-state index in [0.717, 1.165) is 10.5 Å². The third-order valence-electron chi connectivity index (χ3n) is 5.12. The lowest BCUT2D eigenvalue weighted by Gasteiger charge is -2.39. The summed E-state index contributed by atoms with van der Waals surface area (Å²) in [5.41, 5.74) is -1.26. The van der Waals surface area contributed by atoms with E-state index in [4.69, 9.17) is 5.73 Å². The molecule has 1 fully saturated rings. The predicted octanol–water partition coefficient (Wildman–Crippen LogP) is 1.67. The first kappa shape index (κ1) is 24.9. The Bertz CT molecular complexity index is 1080. The molecule has 9 nitrogen and oxygen atoms in total. The van der Waals surface area contributed by atoms with Gasteiger partial charge in [0.25, 0.3) is 5.60 Å². The average Bonchev–Trinajstić information content (AvgIpc) is 2.72. The summed E-state index contributed by atoms with van der Waals surface area (Å²) in [4.78, 5) is 12.2. The maximum absolute atomic E-state index is 13.0. The first-order chi connectivity index (χ1) is 15.1. The van der Waals surface area contributed by atoms with Crippen LogP contribution in [0.5, 0.6) is 0 Å². The second-order valence-electron chi connectivity index (χ2n) is 7.30. The van der Waals surface area contributed by atoms with Gasteiger partial charge in [0.2, 0.25) is 16.0 Å². The number of sulfonamides is 1. The predicted molar refractivity (Wildman–Crippen MR) is 102 cm³/mol. The first-order valence-electron chi connectivity index (χ1n) is 9.25. The molecule has 3 N–H and O–H groups in total. The Balaban J connectivity index is 1.81. The van der Waals surface area contributed by atoms with Crippen molar-refractivity contribution in [2.24, 2.45) is 0 Å². The second-order valence-corrected chi connectivity index (χ2v) is 9.24. The monoisotopic (exact) mass is 500 g/mol. The second kappa shape index (κ2) is 8.25. The molecular formula is C17H18F6N6O3S. The number of hydrogen-bond acceptors (Lipinski definition) is 8. The van der Waals surface area contributed by atoms with Crippen LogP contribution in [0.4, 0.5) is 38.1 Å². The van der Waals surface area contributed by atoms with E-state index in [1.807, 2.05) is 0 Å². The molecule has 1 saturated heterocycles. The largest absolute Gasteiger partial charge is 0.430 e. The smallest absolute Gasteiger partial charge is 0.384 e. The summed E-state index contributed by atoms with van der Waals surface area (Å²) >= 11 is 0. The van der Waals surface area contributed by atoms with Crippen molar-refractivity contribution in [1.29, 1.82) is 0 Å². The molecule has 3 heterocycles. The third-order valence-corrected chi connectivity index (χ3v) is 6.97. The molecule has 1 atom stereocenters. The highest BCUT2D eigenvalue weighted by atomic mass is 32.2. The number of anilines is 2. The fourth-order valence-corrected chi connectivity index (χ4v) is 4.74. The Kier molecular flexibility index (Phi) is 6.23. The van der Waals surface area contributed by atoms with Crippen LogP contribution < -0.4 is 10.6 Å². The van der Waals surface area contributed by atoms with Crippen molar-refractivity contribution in [3.63, 3.8) is 0 Å². The lowest BCUT2D eigenvalue weighted by Crippen LogP contribution is -2.55. The lowest BCUT2D eigenvalue weighted by molar-refractivity contribution is -0.376. The van der Waals surface area contributed by atoms with Crippen molar-refractivity contribution in [2.75, 3.05) is 30.3 Å². The van der Waals surface area contributed by atoms with Gasteiger partial charge in [-0.25, -0.2) is 23.4 Å². The Morgan fingerprint density at radius 1 is 1.00 bits per heavy atom. The normalized spacial score (nSPS) is 19.0. The van der Waals surface area contributed by atoms with Gasteiger partial charge in [0.15, 0.2) is 0 Å². The van der Waals surface area contributed by atoms with E-state index < -0.39 is 39.6 Å².